The van der Waals surface area contributed by atoms with Gasteiger partial charge in [-0.3, -0.25) is 4.68 Å². The van der Waals surface area contributed by atoms with Gasteiger partial charge in [0, 0.05) is 25.7 Å². The van der Waals surface area contributed by atoms with E-state index in [-0.39, 0.29) is 11.6 Å². The Hall–Kier alpha value is -2.30. The Balaban J connectivity index is 1.62. The number of urea groups is 1. The van der Waals surface area contributed by atoms with Gasteiger partial charge in [0.25, 0.3) is 0 Å². The van der Waals surface area contributed by atoms with Crippen LogP contribution < -0.4 is 5.32 Å². The van der Waals surface area contributed by atoms with Crippen molar-refractivity contribution < 1.29 is 4.79 Å². The van der Waals surface area contributed by atoms with E-state index in [1.54, 1.807) is 10.9 Å². The summed E-state index contributed by atoms with van der Waals surface area (Å²) < 4.78 is 1.70. The van der Waals surface area contributed by atoms with Crippen molar-refractivity contribution in [2.75, 3.05) is 11.9 Å². The zero-order chi connectivity index (χ0) is 15.9. The molecule has 1 saturated heterocycles. The minimum atomic E-state index is -0.119. The molecule has 23 heavy (non-hydrogen) atoms. The van der Waals surface area contributed by atoms with Crippen LogP contribution in [-0.2, 0) is 12.6 Å². The molecular formula is C18H22N4O. The van der Waals surface area contributed by atoms with E-state index in [9.17, 15) is 4.79 Å². The second-order valence-electron chi connectivity index (χ2n) is 6.68. The minimum Gasteiger partial charge on any atom is -0.314 e. The molecule has 1 aliphatic carbocycles. The maximum absolute atomic E-state index is 12.8. The van der Waals surface area contributed by atoms with Gasteiger partial charge in [-0.25, -0.2) is 4.79 Å². The summed E-state index contributed by atoms with van der Waals surface area (Å²) in [7, 11) is 1.85. The first-order valence-corrected chi connectivity index (χ1v) is 8.33. The molecule has 1 N–H and O–H groups in total. The monoisotopic (exact) mass is 310 g/mol. The molecule has 1 aliphatic heterocycles. The number of rotatable bonds is 2. The summed E-state index contributed by atoms with van der Waals surface area (Å²) in [5, 5.41) is 7.11. The lowest BCUT2D eigenvalue weighted by Crippen LogP contribution is -2.68. The van der Waals surface area contributed by atoms with Crippen LogP contribution in [0.5, 0.6) is 0 Å². The third-order valence-electron chi connectivity index (χ3n) is 5.40. The Morgan fingerprint density at radius 3 is 2.83 bits per heavy atom. The van der Waals surface area contributed by atoms with Gasteiger partial charge >= 0.3 is 6.03 Å². The average Bonchev–Trinajstić information content (AvgIpc) is 2.94. The van der Waals surface area contributed by atoms with Crippen LogP contribution in [0.3, 0.4) is 0 Å². The summed E-state index contributed by atoms with van der Waals surface area (Å²) in [4.78, 5) is 14.8. The maximum Gasteiger partial charge on any atom is 0.322 e. The van der Waals surface area contributed by atoms with E-state index >= 15 is 0 Å². The van der Waals surface area contributed by atoms with E-state index in [1.807, 2.05) is 24.2 Å². The van der Waals surface area contributed by atoms with Crippen LogP contribution >= 0.6 is 0 Å². The predicted octanol–water partition coefficient (Wildman–Crippen LogP) is 3.35. The van der Waals surface area contributed by atoms with Crippen LogP contribution in [0.2, 0.25) is 0 Å². The highest BCUT2D eigenvalue weighted by Gasteiger charge is 2.57. The summed E-state index contributed by atoms with van der Waals surface area (Å²) in [6.45, 7) is 0.848. The van der Waals surface area contributed by atoms with E-state index < -0.39 is 0 Å². The lowest BCUT2D eigenvalue weighted by atomic mass is 9.62. The number of carbonyl (C=O) groups is 1. The van der Waals surface area contributed by atoms with E-state index in [2.05, 4.69) is 34.7 Å². The van der Waals surface area contributed by atoms with Gasteiger partial charge in [-0.2, -0.15) is 5.10 Å². The first kappa shape index (κ1) is 14.3. The lowest BCUT2D eigenvalue weighted by Gasteiger charge is -2.61. The van der Waals surface area contributed by atoms with Crippen molar-refractivity contribution in [3.8, 4) is 0 Å². The molecule has 4 rings (SSSR count). The zero-order valence-electron chi connectivity index (χ0n) is 13.4. The summed E-state index contributed by atoms with van der Waals surface area (Å²) in [6, 6.07) is 10.5. The molecule has 0 radical (unpaired) electrons. The summed E-state index contributed by atoms with van der Waals surface area (Å²) in [6.07, 6.45) is 8.24. The number of carbonyl (C=O) groups excluding carboxylic acids is 1. The molecule has 1 saturated carbocycles. The topological polar surface area (TPSA) is 50.2 Å². The third kappa shape index (κ3) is 2.22. The maximum atomic E-state index is 12.8. The minimum absolute atomic E-state index is 0.0139. The number of amides is 2. The molecule has 2 heterocycles. The van der Waals surface area contributed by atoms with Crippen LogP contribution in [0.1, 0.15) is 31.2 Å². The van der Waals surface area contributed by atoms with Crippen LogP contribution in [0.15, 0.2) is 42.7 Å². The van der Waals surface area contributed by atoms with Crippen LogP contribution in [0.25, 0.3) is 0 Å². The number of hydrogen-bond acceptors (Lipinski definition) is 2. The third-order valence-corrected chi connectivity index (χ3v) is 5.40. The second kappa shape index (κ2) is 5.41. The number of likely N-dealkylation sites (tertiary alicyclic amines) is 1. The highest BCUT2D eigenvalue weighted by Crippen LogP contribution is 2.53. The van der Waals surface area contributed by atoms with Crippen molar-refractivity contribution in [1.29, 1.82) is 0 Å². The van der Waals surface area contributed by atoms with Gasteiger partial charge in [0.05, 0.1) is 17.4 Å². The molecule has 2 aliphatic rings. The molecule has 0 spiro atoms. The summed E-state index contributed by atoms with van der Waals surface area (Å²) in [5.74, 6) is 0.582. The van der Waals surface area contributed by atoms with Crippen LogP contribution in [0, 0.1) is 5.92 Å². The highest BCUT2D eigenvalue weighted by molar-refractivity contribution is 5.90. The molecule has 2 atom stereocenters. The fourth-order valence-corrected chi connectivity index (χ4v) is 4.30. The average molecular weight is 310 g/mol. The van der Waals surface area contributed by atoms with Gasteiger partial charge in [-0.05, 0) is 18.4 Å². The van der Waals surface area contributed by atoms with Gasteiger partial charge < -0.3 is 10.2 Å². The molecule has 120 valence electrons. The standard InChI is InChI=1S/C18H22N4O/c1-21-13-16(11-19-21)20-17(23)22-12-15-9-5-6-10-18(15,22)14-7-3-2-4-8-14/h2-4,7-8,11,13,15H,5-6,9-10,12H2,1H3,(H,20,23). The fourth-order valence-electron chi connectivity index (χ4n) is 4.30. The summed E-state index contributed by atoms with van der Waals surface area (Å²) >= 11 is 0. The van der Waals surface area contributed by atoms with E-state index in [0.29, 0.717) is 5.92 Å². The highest BCUT2D eigenvalue weighted by atomic mass is 16.2. The zero-order valence-corrected chi connectivity index (χ0v) is 13.4. The number of anilines is 1. The Morgan fingerprint density at radius 2 is 2.13 bits per heavy atom. The van der Waals surface area contributed by atoms with Gasteiger partial charge in [0.15, 0.2) is 0 Å². The molecule has 5 heteroatoms. The Bertz CT molecular complexity index is 711. The van der Waals surface area contributed by atoms with Crippen LogP contribution in [0.4, 0.5) is 10.5 Å². The van der Waals surface area contributed by atoms with Crippen molar-refractivity contribution in [3.63, 3.8) is 0 Å². The number of nitrogens with one attached hydrogen (secondary N) is 1. The van der Waals surface area contributed by atoms with Gasteiger partial charge in [-0.15, -0.1) is 0 Å². The number of benzene rings is 1. The van der Waals surface area contributed by atoms with E-state index in [4.69, 9.17) is 0 Å². The van der Waals surface area contributed by atoms with E-state index in [0.717, 1.165) is 18.7 Å². The Kier molecular flexibility index (Phi) is 3.36. The largest absolute Gasteiger partial charge is 0.322 e. The molecule has 0 bridgehead atoms. The molecular weight excluding hydrogens is 288 g/mol. The number of nitrogens with zero attached hydrogens (tertiary/aromatic N) is 3. The van der Waals surface area contributed by atoms with E-state index in [1.165, 1.54) is 24.8 Å². The normalized spacial score (nSPS) is 26.3. The second-order valence-corrected chi connectivity index (χ2v) is 6.68. The quantitative estimate of drug-likeness (QED) is 0.924. The Morgan fingerprint density at radius 1 is 1.30 bits per heavy atom. The number of aryl methyl sites for hydroxylation is 1. The molecule has 2 amide bonds. The first-order chi connectivity index (χ1) is 11.2. The van der Waals surface area contributed by atoms with Gasteiger partial charge in [0.2, 0.25) is 0 Å². The van der Waals surface area contributed by atoms with Crippen molar-refractivity contribution in [1.82, 2.24) is 14.7 Å². The Labute approximate surface area is 136 Å². The number of hydrogen-bond donors (Lipinski definition) is 1. The number of aromatic nitrogens is 2. The van der Waals surface area contributed by atoms with Gasteiger partial charge in [-0.1, -0.05) is 43.2 Å². The fraction of sp³-hybridized carbons (Fsp3) is 0.444. The summed E-state index contributed by atoms with van der Waals surface area (Å²) in [5.41, 5.74) is 1.91. The molecule has 1 aromatic heterocycles. The molecule has 2 aromatic rings. The first-order valence-electron chi connectivity index (χ1n) is 8.33. The molecule has 1 aromatic carbocycles. The van der Waals surface area contributed by atoms with Crippen LogP contribution in [-0.4, -0.2) is 27.3 Å². The van der Waals surface area contributed by atoms with Gasteiger partial charge in [0.1, 0.15) is 0 Å². The predicted molar refractivity (Wildman–Crippen MR) is 89.0 cm³/mol. The molecule has 2 unspecified atom stereocenters. The lowest BCUT2D eigenvalue weighted by molar-refractivity contribution is -0.0756. The van der Waals surface area contributed by atoms with Crippen molar-refractivity contribution in [2.24, 2.45) is 13.0 Å². The van der Waals surface area contributed by atoms with Crippen molar-refractivity contribution in [2.45, 2.75) is 31.2 Å². The van der Waals surface area contributed by atoms with Crippen molar-refractivity contribution >= 4 is 11.7 Å². The molecule has 2 fully saturated rings. The van der Waals surface area contributed by atoms with Crippen molar-refractivity contribution in [3.05, 3.63) is 48.3 Å². The molecule has 5 nitrogen and oxygen atoms in total. The smallest absolute Gasteiger partial charge is 0.314 e. The SMILES string of the molecule is Cn1cc(NC(=O)N2CC3CCCCC32c2ccccc2)cn1. The number of fused-ring (bicyclic) bond motifs is 1.